The third-order valence-corrected chi connectivity index (χ3v) is 3.57. The van der Waals surface area contributed by atoms with Crippen LogP contribution in [0.1, 0.15) is 11.1 Å². The first kappa shape index (κ1) is 14.8. The molecule has 0 heterocycles. The topological polar surface area (TPSA) is 79.5 Å². The molecule has 0 aliphatic heterocycles. The number of nitriles is 1. The summed E-state index contributed by atoms with van der Waals surface area (Å²) in [5, 5.41) is 12.5. The van der Waals surface area contributed by atoms with Gasteiger partial charge in [-0.3, -0.25) is 4.28 Å². The minimum Gasteiger partial charge on any atom is -0.267 e. The van der Waals surface area contributed by atoms with Gasteiger partial charge in [0.05, 0.1) is 0 Å². The summed E-state index contributed by atoms with van der Waals surface area (Å²) in [6.45, 7) is 0. The van der Waals surface area contributed by atoms with E-state index in [0.29, 0.717) is 11.1 Å². The Labute approximate surface area is 123 Å². The summed E-state index contributed by atoms with van der Waals surface area (Å²) in [4.78, 5) is 0. The molecular formula is C15H12N2O3S. The Morgan fingerprint density at radius 1 is 1.05 bits per heavy atom. The van der Waals surface area contributed by atoms with Crippen LogP contribution in [0.4, 0.5) is 0 Å². The van der Waals surface area contributed by atoms with Crippen LogP contribution in [0, 0.1) is 11.3 Å². The van der Waals surface area contributed by atoms with E-state index in [9.17, 15) is 8.42 Å². The highest BCUT2D eigenvalue weighted by Gasteiger charge is 2.14. The Hall–Kier alpha value is -2.65. The van der Waals surface area contributed by atoms with E-state index < -0.39 is 10.1 Å². The molecule has 0 amide bonds. The molecule has 21 heavy (non-hydrogen) atoms. The van der Waals surface area contributed by atoms with Gasteiger partial charge < -0.3 is 0 Å². The second kappa shape index (κ2) is 6.68. The van der Waals surface area contributed by atoms with Crippen LogP contribution in [0.2, 0.25) is 0 Å². The summed E-state index contributed by atoms with van der Waals surface area (Å²) >= 11 is 0. The summed E-state index contributed by atoms with van der Waals surface area (Å²) in [5.41, 5.74) is 0.994. The number of oxime groups is 1. The highest BCUT2D eigenvalue weighted by molar-refractivity contribution is 7.85. The molecular weight excluding hydrogens is 288 g/mol. The molecule has 0 saturated carbocycles. The Bertz CT molecular complexity index is 764. The molecule has 0 saturated heterocycles. The van der Waals surface area contributed by atoms with Gasteiger partial charge in [-0.05, 0) is 5.56 Å². The summed E-state index contributed by atoms with van der Waals surface area (Å²) in [6, 6.07) is 18.9. The molecule has 2 aromatic rings. The van der Waals surface area contributed by atoms with Gasteiger partial charge in [-0.1, -0.05) is 65.8 Å². The minimum absolute atomic E-state index is 0.0905. The first-order valence-corrected chi connectivity index (χ1v) is 7.67. The van der Waals surface area contributed by atoms with Gasteiger partial charge in [-0.15, -0.1) is 0 Å². The van der Waals surface area contributed by atoms with Crippen LogP contribution in [-0.4, -0.2) is 14.1 Å². The lowest BCUT2D eigenvalue weighted by Gasteiger charge is -2.02. The fourth-order valence-corrected chi connectivity index (χ4v) is 2.47. The highest BCUT2D eigenvalue weighted by Crippen LogP contribution is 2.09. The molecule has 0 fully saturated rings. The van der Waals surface area contributed by atoms with Gasteiger partial charge in [-0.25, -0.2) is 0 Å². The van der Waals surface area contributed by atoms with Gasteiger partial charge in [-0.2, -0.15) is 13.7 Å². The summed E-state index contributed by atoms with van der Waals surface area (Å²) in [6.07, 6.45) is 0. The molecule has 0 aliphatic rings. The van der Waals surface area contributed by atoms with Crippen LogP contribution in [0.5, 0.6) is 0 Å². The van der Waals surface area contributed by atoms with Crippen molar-refractivity contribution in [3.05, 3.63) is 71.8 Å². The fraction of sp³-hybridized carbons (Fsp3) is 0.0667. The molecule has 0 bridgehead atoms. The largest absolute Gasteiger partial charge is 0.332 e. The second-order valence-electron chi connectivity index (χ2n) is 4.18. The van der Waals surface area contributed by atoms with E-state index in [2.05, 4.69) is 9.44 Å². The third kappa shape index (κ3) is 4.44. The van der Waals surface area contributed by atoms with E-state index in [1.165, 1.54) is 0 Å². The van der Waals surface area contributed by atoms with Gasteiger partial charge in [0, 0.05) is 5.56 Å². The van der Waals surface area contributed by atoms with E-state index >= 15 is 0 Å². The number of rotatable bonds is 5. The number of nitrogens with zero attached hydrogens (tertiary/aromatic N) is 2. The Kier molecular flexibility index (Phi) is 4.69. The number of hydrogen-bond acceptors (Lipinski definition) is 5. The molecule has 6 heteroatoms. The smallest absolute Gasteiger partial charge is 0.267 e. The summed E-state index contributed by atoms with van der Waals surface area (Å²) < 4.78 is 28.2. The monoisotopic (exact) mass is 300 g/mol. The van der Waals surface area contributed by atoms with E-state index in [1.807, 2.05) is 6.07 Å². The van der Waals surface area contributed by atoms with Crippen molar-refractivity contribution in [2.45, 2.75) is 5.75 Å². The van der Waals surface area contributed by atoms with E-state index in [4.69, 9.17) is 5.26 Å². The first-order valence-electron chi connectivity index (χ1n) is 6.09. The van der Waals surface area contributed by atoms with Crippen LogP contribution in [0.3, 0.4) is 0 Å². The molecule has 5 nitrogen and oxygen atoms in total. The zero-order chi connectivity index (χ0) is 15.1. The molecule has 0 spiro atoms. The van der Waals surface area contributed by atoms with Crippen molar-refractivity contribution < 1.29 is 12.7 Å². The summed E-state index contributed by atoms with van der Waals surface area (Å²) in [5.74, 6) is -0.301. The second-order valence-corrected chi connectivity index (χ2v) is 5.73. The predicted octanol–water partition coefficient (Wildman–Crippen LogP) is 2.46. The van der Waals surface area contributed by atoms with E-state index in [1.54, 1.807) is 60.7 Å². The van der Waals surface area contributed by atoms with Crippen LogP contribution in [0.25, 0.3) is 0 Å². The zero-order valence-electron chi connectivity index (χ0n) is 11.0. The van der Waals surface area contributed by atoms with Crippen molar-refractivity contribution in [2.24, 2.45) is 5.16 Å². The fourth-order valence-electron chi connectivity index (χ4n) is 1.63. The predicted molar refractivity (Wildman–Crippen MR) is 78.7 cm³/mol. The van der Waals surface area contributed by atoms with Gasteiger partial charge in [0.2, 0.25) is 0 Å². The molecule has 0 N–H and O–H groups in total. The zero-order valence-corrected chi connectivity index (χ0v) is 11.8. The van der Waals surface area contributed by atoms with Crippen molar-refractivity contribution in [2.75, 3.05) is 0 Å². The lowest BCUT2D eigenvalue weighted by Crippen LogP contribution is -2.08. The average Bonchev–Trinajstić information content (AvgIpc) is 2.49. The number of benzene rings is 2. The molecule has 0 atom stereocenters. The van der Waals surface area contributed by atoms with Gasteiger partial charge >= 0.3 is 10.1 Å². The van der Waals surface area contributed by atoms with Gasteiger partial charge in [0.15, 0.2) is 5.71 Å². The minimum atomic E-state index is -3.89. The lowest BCUT2D eigenvalue weighted by molar-refractivity contribution is 0.339. The van der Waals surface area contributed by atoms with Gasteiger partial charge in [0.25, 0.3) is 0 Å². The maximum Gasteiger partial charge on any atom is 0.332 e. The van der Waals surface area contributed by atoms with Crippen molar-refractivity contribution in [3.63, 3.8) is 0 Å². The Balaban J connectivity index is 2.13. The van der Waals surface area contributed by atoms with Crippen molar-refractivity contribution in [1.29, 1.82) is 5.26 Å². The van der Waals surface area contributed by atoms with Crippen LogP contribution in [0.15, 0.2) is 65.8 Å². The van der Waals surface area contributed by atoms with Crippen molar-refractivity contribution in [3.8, 4) is 6.07 Å². The molecule has 0 aliphatic carbocycles. The first-order chi connectivity index (χ1) is 10.1. The molecule has 2 aromatic carbocycles. The molecule has 106 valence electrons. The van der Waals surface area contributed by atoms with Crippen LogP contribution < -0.4 is 0 Å². The molecule has 0 aromatic heterocycles. The van der Waals surface area contributed by atoms with Gasteiger partial charge in [0.1, 0.15) is 11.8 Å². The summed E-state index contributed by atoms with van der Waals surface area (Å²) in [7, 11) is -3.89. The Morgan fingerprint density at radius 2 is 1.62 bits per heavy atom. The highest BCUT2D eigenvalue weighted by atomic mass is 32.2. The average molecular weight is 300 g/mol. The molecule has 0 radical (unpaired) electrons. The standard InChI is InChI=1S/C15H12N2O3S/c16-11-15(14-9-5-2-6-10-14)17-20-21(18,19)12-13-7-3-1-4-8-13/h1-10H,12H2. The van der Waals surface area contributed by atoms with Crippen LogP contribution >= 0.6 is 0 Å². The third-order valence-electron chi connectivity index (χ3n) is 2.58. The van der Waals surface area contributed by atoms with Crippen LogP contribution in [-0.2, 0) is 20.2 Å². The Morgan fingerprint density at radius 3 is 2.19 bits per heavy atom. The maximum absolute atomic E-state index is 11.8. The molecule has 2 rings (SSSR count). The normalized spacial score (nSPS) is 11.7. The number of hydrogen-bond donors (Lipinski definition) is 0. The molecule has 0 unspecified atom stereocenters. The SMILES string of the molecule is N#CC(=NOS(=O)(=O)Cc1ccccc1)c1ccccc1. The van der Waals surface area contributed by atoms with E-state index in [-0.39, 0.29) is 11.5 Å². The maximum atomic E-state index is 11.8. The van der Waals surface area contributed by atoms with Crippen molar-refractivity contribution >= 4 is 15.8 Å². The van der Waals surface area contributed by atoms with E-state index in [0.717, 1.165) is 0 Å². The van der Waals surface area contributed by atoms with Crippen molar-refractivity contribution in [1.82, 2.24) is 0 Å². The quantitative estimate of drug-likeness (QED) is 0.627. The lowest BCUT2D eigenvalue weighted by atomic mass is 10.1.